The summed E-state index contributed by atoms with van der Waals surface area (Å²) >= 11 is 0. The fourth-order valence-electron chi connectivity index (χ4n) is 3.30. The number of nitrogens with one attached hydrogen (secondary N) is 2. The first-order valence-corrected chi connectivity index (χ1v) is 9.65. The van der Waals surface area contributed by atoms with Crippen molar-refractivity contribution in [3.63, 3.8) is 0 Å². The van der Waals surface area contributed by atoms with Gasteiger partial charge in [0.15, 0.2) is 5.65 Å². The predicted molar refractivity (Wildman–Crippen MR) is 117 cm³/mol. The van der Waals surface area contributed by atoms with E-state index in [2.05, 4.69) is 25.6 Å². The molecule has 0 atom stereocenters. The smallest absolute Gasteiger partial charge is 0.254 e. The zero-order valence-corrected chi connectivity index (χ0v) is 17.2. The first kappa shape index (κ1) is 19.6. The van der Waals surface area contributed by atoms with E-state index in [4.69, 9.17) is 10.8 Å². The minimum Gasteiger partial charge on any atom is -0.383 e. The van der Waals surface area contributed by atoms with E-state index < -0.39 is 5.54 Å². The van der Waals surface area contributed by atoms with Crippen LogP contribution in [0.2, 0.25) is 0 Å². The molecule has 0 aliphatic carbocycles. The summed E-state index contributed by atoms with van der Waals surface area (Å²) in [5, 5.41) is 11.4. The molecule has 1 aromatic carbocycles. The molecular formula is C21H24N8O. The van der Waals surface area contributed by atoms with E-state index in [0.717, 1.165) is 11.1 Å². The van der Waals surface area contributed by atoms with Gasteiger partial charge in [-0.05, 0) is 20.8 Å². The molecule has 3 heterocycles. The number of hydrogen-bond donors (Lipinski definition) is 3. The molecule has 4 N–H and O–H groups in total. The molecular weight excluding hydrogens is 380 g/mol. The van der Waals surface area contributed by atoms with Crippen molar-refractivity contribution in [1.82, 2.24) is 30.4 Å². The highest BCUT2D eigenvalue weighted by molar-refractivity contribution is 6.12. The van der Waals surface area contributed by atoms with Crippen molar-refractivity contribution >= 4 is 29.0 Å². The Balaban J connectivity index is 1.70. The van der Waals surface area contributed by atoms with Crippen molar-refractivity contribution in [2.45, 2.75) is 26.3 Å². The van der Waals surface area contributed by atoms with Crippen molar-refractivity contribution in [2.24, 2.45) is 4.99 Å². The average molecular weight is 404 g/mol. The molecule has 154 valence electrons. The van der Waals surface area contributed by atoms with Gasteiger partial charge in [0, 0.05) is 24.5 Å². The van der Waals surface area contributed by atoms with Gasteiger partial charge in [-0.3, -0.25) is 9.79 Å². The Morgan fingerprint density at radius 3 is 2.73 bits per heavy atom. The van der Waals surface area contributed by atoms with E-state index in [1.165, 1.54) is 6.33 Å². The zero-order chi connectivity index (χ0) is 21.3. The maximum absolute atomic E-state index is 12.5. The molecule has 0 bridgehead atoms. The van der Waals surface area contributed by atoms with E-state index in [9.17, 15) is 4.79 Å². The first-order valence-electron chi connectivity index (χ1n) is 9.65. The maximum atomic E-state index is 12.5. The van der Waals surface area contributed by atoms with Gasteiger partial charge in [-0.1, -0.05) is 29.8 Å². The molecule has 9 nitrogen and oxygen atoms in total. The number of aromatic nitrogens is 4. The molecule has 0 saturated heterocycles. The van der Waals surface area contributed by atoms with E-state index in [1.807, 2.05) is 45.0 Å². The summed E-state index contributed by atoms with van der Waals surface area (Å²) in [7, 11) is 0. The second-order valence-electron chi connectivity index (χ2n) is 7.85. The van der Waals surface area contributed by atoms with E-state index in [1.54, 1.807) is 17.1 Å². The highest BCUT2D eigenvalue weighted by Gasteiger charge is 2.28. The number of rotatable bonds is 5. The second kappa shape index (κ2) is 7.58. The van der Waals surface area contributed by atoms with Crippen LogP contribution in [0.25, 0.3) is 22.3 Å². The van der Waals surface area contributed by atoms with Crippen molar-refractivity contribution in [1.29, 1.82) is 0 Å². The van der Waals surface area contributed by atoms with Crippen LogP contribution in [-0.2, 0) is 10.3 Å². The number of nitrogens with zero attached hydrogens (tertiary/aromatic N) is 5. The SMILES string of the molecule is Cc1ccc(-c2nn(C(C)(C)CNC(=O)C3=CNCN=C3)c3ncnc(N)c23)cc1. The molecule has 2 aromatic heterocycles. The van der Waals surface area contributed by atoms with Crippen LogP contribution in [0.3, 0.4) is 0 Å². The molecule has 0 unspecified atom stereocenters. The van der Waals surface area contributed by atoms with Gasteiger partial charge in [0.2, 0.25) is 0 Å². The number of carbonyl (C=O) groups excluding carboxylic acids is 1. The fourth-order valence-corrected chi connectivity index (χ4v) is 3.30. The summed E-state index contributed by atoms with van der Waals surface area (Å²) in [6.45, 7) is 6.82. The topological polar surface area (TPSA) is 123 Å². The first-order chi connectivity index (χ1) is 14.4. The quantitative estimate of drug-likeness (QED) is 0.595. The number of amides is 1. The van der Waals surface area contributed by atoms with Gasteiger partial charge < -0.3 is 16.4 Å². The summed E-state index contributed by atoms with van der Waals surface area (Å²) in [5.74, 6) is 0.166. The van der Waals surface area contributed by atoms with Crippen LogP contribution in [0, 0.1) is 6.92 Å². The van der Waals surface area contributed by atoms with Crippen molar-refractivity contribution in [3.8, 4) is 11.3 Å². The number of nitrogens with two attached hydrogens (primary N) is 1. The third-order valence-electron chi connectivity index (χ3n) is 5.01. The zero-order valence-electron chi connectivity index (χ0n) is 17.2. The molecule has 3 aromatic rings. The Morgan fingerprint density at radius 1 is 1.27 bits per heavy atom. The highest BCUT2D eigenvalue weighted by Crippen LogP contribution is 2.32. The second-order valence-corrected chi connectivity index (χ2v) is 7.85. The van der Waals surface area contributed by atoms with Gasteiger partial charge in [-0.15, -0.1) is 0 Å². The van der Waals surface area contributed by atoms with Gasteiger partial charge in [0.1, 0.15) is 24.5 Å². The minimum atomic E-state index is -0.572. The number of fused-ring (bicyclic) bond motifs is 1. The molecule has 0 fully saturated rings. The summed E-state index contributed by atoms with van der Waals surface area (Å²) in [6.07, 6.45) is 4.64. The van der Waals surface area contributed by atoms with Gasteiger partial charge in [0.05, 0.1) is 16.5 Å². The summed E-state index contributed by atoms with van der Waals surface area (Å²) < 4.78 is 1.80. The Bertz CT molecular complexity index is 1160. The number of aryl methyl sites for hydroxylation is 1. The largest absolute Gasteiger partial charge is 0.383 e. The van der Waals surface area contributed by atoms with E-state index in [0.29, 0.717) is 41.3 Å². The Kier molecular flexibility index (Phi) is 4.94. The van der Waals surface area contributed by atoms with E-state index >= 15 is 0 Å². The van der Waals surface area contributed by atoms with Crippen LogP contribution < -0.4 is 16.4 Å². The average Bonchev–Trinajstić information content (AvgIpc) is 3.15. The van der Waals surface area contributed by atoms with Gasteiger partial charge in [0.25, 0.3) is 5.91 Å². The Labute approximate surface area is 174 Å². The van der Waals surface area contributed by atoms with Crippen molar-refractivity contribution in [3.05, 3.63) is 47.9 Å². The predicted octanol–water partition coefficient (Wildman–Crippen LogP) is 1.75. The molecule has 9 heteroatoms. The monoisotopic (exact) mass is 404 g/mol. The van der Waals surface area contributed by atoms with Crippen LogP contribution in [0.4, 0.5) is 5.82 Å². The van der Waals surface area contributed by atoms with Crippen LogP contribution in [-0.4, -0.2) is 45.1 Å². The molecule has 1 aliphatic heterocycles. The summed E-state index contributed by atoms with van der Waals surface area (Å²) in [6, 6.07) is 8.06. The lowest BCUT2D eigenvalue weighted by molar-refractivity contribution is -0.117. The lowest BCUT2D eigenvalue weighted by Gasteiger charge is -2.26. The molecule has 1 amide bonds. The third kappa shape index (κ3) is 3.61. The van der Waals surface area contributed by atoms with E-state index in [-0.39, 0.29) is 5.91 Å². The number of hydrogen-bond acceptors (Lipinski definition) is 7. The summed E-state index contributed by atoms with van der Waals surface area (Å²) in [4.78, 5) is 25.1. The van der Waals surface area contributed by atoms with Crippen LogP contribution in [0.1, 0.15) is 19.4 Å². The molecule has 0 spiro atoms. The highest BCUT2D eigenvalue weighted by atomic mass is 16.1. The van der Waals surface area contributed by atoms with Crippen molar-refractivity contribution in [2.75, 3.05) is 18.9 Å². The third-order valence-corrected chi connectivity index (χ3v) is 5.01. The number of carbonyl (C=O) groups is 1. The Hall–Kier alpha value is -3.75. The molecule has 30 heavy (non-hydrogen) atoms. The number of benzene rings is 1. The fraction of sp³-hybridized carbons (Fsp3) is 0.286. The standard InChI is InChI=1S/C21H24N8O/c1-13-4-6-14(7-5-13)17-16-18(22)26-12-27-19(16)29(28-17)21(2,3)10-25-20(30)15-8-23-11-24-9-15/h4-9,12,23H,10-11H2,1-3H3,(H,25,30)(H2,22,26,27). The minimum absolute atomic E-state index is 0.205. The van der Waals surface area contributed by atoms with Crippen LogP contribution in [0.15, 0.2) is 47.4 Å². The normalized spacial score (nSPS) is 13.8. The van der Waals surface area contributed by atoms with Crippen molar-refractivity contribution < 1.29 is 4.79 Å². The molecule has 0 radical (unpaired) electrons. The van der Waals surface area contributed by atoms with Gasteiger partial charge in [-0.25, -0.2) is 14.6 Å². The molecule has 4 rings (SSSR count). The van der Waals surface area contributed by atoms with Crippen LogP contribution in [0.5, 0.6) is 0 Å². The van der Waals surface area contributed by atoms with Gasteiger partial charge >= 0.3 is 0 Å². The lowest BCUT2D eigenvalue weighted by Crippen LogP contribution is -2.42. The lowest BCUT2D eigenvalue weighted by atomic mass is 10.1. The number of nitrogen functional groups attached to an aromatic ring is 1. The van der Waals surface area contributed by atoms with Crippen LogP contribution >= 0.6 is 0 Å². The number of aliphatic imine (C=N–C) groups is 1. The summed E-state index contributed by atoms with van der Waals surface area (Å²) in [5.41, 5.74) is 9.53. The van der Waals surface area contributed by atoms with Gasteiger partial charge in [-0.2, -0.15) is 5.10 Å². The molecule has 0 saturated carbocycles. The number of anilines is 1. The molecule has 1 aliphatic rings. The maximum Gasteiger partial charge on any atom is 0.254 e. The Morgan fingerprint density at radius 2 is 2.03 bits per heavy atom.